The molecule has 20 heavy (non-hydrogen) atoms. The fraction of sp³-hybridized carbons (Fsp3) is 0.154. The maximum Gasteiger partial charge on any atom is 0.351 e. The fourth-order valence-electron chi connectivity index (χ4n) is 1.69. The predicted molar refractivity (Wildman–Crippen MR) is 78.7 cm³/mol. The van der Waals surface area contributed by atoms with Crippen molar-refractivity contribution in [3.63, 3.8) is 0 Å². The van der Waals surface area contributed by atoms with Crippen molar-refractivity contribution in [2.45, 2.75) is 0 Å². The first kappa shape index (κ1) is 14.6. The number of esters is 1. The van der Waals surface area contributed by atoms with E-state index in [4.69, 9.17) is 5.26 Å². The summed E-state index contributed by atoms with van der Waals surface area (Å²) in [6.45, 7) is 0. The molecule has 2 rings (SSSR count). The van der Waals surface area contributed by atoms with Gasteiger partial charge < -0.3 is 4.74 Å². The van der Waals surface area contributed by atoms with Gasteiger partial charge in [-0.3, -0.25) is 9.69 Å². The Kier molecular flexibility index (Phi) is 4.47. The molecule has 1 amide bonds. The molecular formula is C13H9BrN2O3S. The largest absolute Gasteiger partial charge is 0.465 e. The highest BCUT2D eigenvalue weighted by Crippen LogP contribution is 2.36. The second-order valence-corrected chi connectivity index (χ2v) is 5.66. The standard InChI is InChI=1S/C13H9BrN2O3S/c1-19-13(18)10(6-15)12-16(11(17)7-20-12)9-4-2-8(14)3-5-9/h2-5H,7H2,1H3/b12-10-. The smallest absolute Gasteiger partial charge is 0.351 e. The first-order valence-electron chi connectivity index (χ1n) is 5.52. The Bertz CT molecular complexity index is 634. The Morgan fingerprint density at radius 2 is 2.10 bits per heavy atom. The number of halogens is 1. The zero-order valence-corrected chi connectivity index (χ0v) is 12.8. The van der Waals surface area contributed by atoms with Crippen molar-refractivity contribution in [3.05, 3.63) is 39.3 Å². The van der Waals surface area contributed by atoms with Crippen molar-refractivity contribution in [3.8, 4) is 6.07 Å². The molecular weight excluding hydrogens is 344 g/mol. The lowest BCUT2D eigenvalue weighted by Gasteiger charge is -2.17. The average molecular weight is 353 g/mol. The second-order valence-electron chi connectivity index (χ2n) is 3.78. The third-order valence-corrected chi connectivity index (χ3v) is 4.16. The summed E-state index contributed by atoms with van der Waals surface area (Å²) in [7, 11) is 1.20. The zero-order valence-electron chi connectivity index (χ0n) is 10.4. The van der Waals surface area contributed by atoms with Gasteiger partial charge in [-0.05, 0) is 24.3 Å². The van der Waals surface area contributed by atoms with E-state index in [9.17, 15) is 9.59 Å². The molecule has 5 nitrogen and oxygen atoms in total. The number of hydrogen-bond acceptors (Lipinski definition) is 5. The van der Waals surface area contributed by atoms with E-state index in [0.717, 1.165) is 16.2 Å². The van der Waals surface area contributed by atoms with Gasteiger partial charge in [-0.15, -0.1) is 0 Å². The SMILES string of the molecule is COC(=O)/C(C#N)=C1\SCC(=O)N1c1ccc(Br)cc1. The molecule has 0 aliphatic carbocycles. The number of benzene rings is 1. The Morgan fingerprint density at radius 1 is 1.45 bits per heavy atom. The highest BCUT2D eigenvalue weighted by molar-refractivity contribution is 9.10. The zero-order chi connectivity index (χ0) is 14.7. The molecule has 0 spiro atoms. The van der Waals surface area contributed by atoms with Crippen molar-refractivity contribution in [1.82, 2.24) is 0 Å². The molecule has 7 heteroatoms. The van der Waals surface area contributed by atoms with E-state index in [0.29, 0.717) is 10.7 Å². The van der Waals surface area contributed by atoms with E-state index in [1.54, 1.807) is 24.3 Å². The van der Waals surface area contributed by atoms with Gasteiger partial charge in [-0.2, -0.15) is 5.26 Å². The predicted octanol–water partition coefficient (Wildman–Crippen LogP) is 2.44. The monoisotopic (exact) mass is 352 g/mol. The molecule has 0 unspecified atom stereocenters. The quantitative estimate of drug-likeness (QED) is 0.464. The molecule has 0 atom stereocenters. The molecule has 1 aliphatic heterocycles. The van der Waals surface area contributed by atoms with E-state index in [-0.39, 0.29) is 17.2 Å². The lowest BCUT2D eigenvalue weighted by molar-refractivity contribution is -0.135. The van der Waals surface area contributed by atoms with Gasteiger partial charge in [0.25, 0.3) is 0 Å². The molecule has 0 aromatic heterocycles. The summed E-state index contributed by atoms with van der Waals surface area (Å²) in [6, 6.07) is 8.85. The first-order chi connectivity index (χ1) is 9.58. The van der Waals surface area contributed by atoms with Crippen LogP contribution in [0.15, 0.2) is 39.3 Å². The van der Waals surface area contributed by atoms with Gasteiger partial charge in [0.05, 0.1) is 12.9 Å². The summed E-state index contributed by atoms with van der Waals surface area (Å²) in [6.07, 6.45) is 0. The lowest BCUT2D eigenvalue weighted by atomic mass is 10.2. The molecule has 0 saturated carbocycles. The number of thioether (sulfide) groups is 1. The van der Waals surface area contributed by atoms with Gasteiger partial charge >= 0.3 is 5.97 Å². The third-order valence-electron chi connectivity index (χ3n) is 2.58. The third kappa shape index (κ3) is 2.71. The van der Waals surface area contributed by atoms with Crippen LogP contribution in [0.4, 0.5) is 5.69 Å². The lowest BCUT2D eigenvalue weighted by Crippen LogP contribution is -2.25. The maximum atomic E-state index is 12.0. The Morgan fingerprint density at radius 3 is 2.65 bits per heavy atom. The van der Waals surface area contributed by atoms with Crippen LogP contribution in [-0.2, 0) is 14.3 Å². The van der Waals surface area contributed by atoms with Crippen molar-refractivity contribution < 1.29 is 14.3 Å². The maximum absolute atomic E-state index is 12.0. The topological polar surface area (TPSA) is 70.4 Å². The van der Waals surface area contributed by atoms with Gasteiger partial charge in [0.1, 0.15) is 11.1 Å². The number of rotatable bonds is 2. The van der Waals surface area contributed by atoms with Crippen LogP contribution >= 0.6 is 27.7 Å². The minimum Gasteiger partial charge on any atom is -0.465 e. The number of carbonyl (C=O) groups is 2. The number of anilines is 1. The summed E-state index contributed by atoms with van der Waals surface area (Å²) < 4.78 is 5.45. The normalized spacial score (nSPS) is 16.9. The molecule has 1 aromatic rings. The van der Waals surface area contributed by atoms with Crippen LogP contribution in [0.25, 0.3) is 0 Å². The van der Waals surface area contributed by atoms with Gasteiger partial charge in [-0.25, -0.2) is 4.79 Å². The van der Waals surface area contributed by atoms with E-state index in [1.807, 2.05) is 6.07 Å². The molecule has 0 N–H and O–H groups in total. The van der Waals surface area contributed by atoms with Crippen molar-refractivity contribution in [1.29, 1.82) is 5.26 Å². The number of methoxy groups -OCH3 is 1. The molecule has 0 bridgehead atoms. The Balaban J connectivity index is 2.51. The Hall–Kier alpha value is -1.78. The highest BCUT2D eigenvalue weighted by atomic mass is 79.9. The van der Waals surface area contributed by atoms with Crippen molar-refractivity contribution in [2.75, 3.05) is 17.8 Å². The molecule has 1 fully saturated rings. The molecule has 102 valence electrons. The second kappa shape index (κ2) is 6.11. The molecule has 0 radical (unpaired) electrons. The number of nitriles is 1. The van der Waals surface area contributed by atoms with Crippen LogP contribution in [0, 0.1) is 11.3 Å². The average Bonchev–Trinajstić information content (AvgIpc) is 2.82. The van der Waals surface area contributed by atoms with Crippen molar-refractivity contribution >= 4 is 45.3 Å². The number of amides is 1. The van der Waals surface area contributed by atoms with Crippen molar-refractivity contribution in [2.24, 2.45) is 0 Å². The van der Waals surface area contributed by atoms with Crippen LogP contribution in [-0.4, -0.2) is 24.7 Å². The van der Waals surface area contributed by atoms with Crippen LogP contribution in [0.1, 0.15) is 0 Å². The summed E-state index contributed by atoms with van der Waals surface area (Å²) >= 11 is 4.47. The van der Waals surface area contributed by atoms with Crippen LogP contribution in [0.5, 0.6) is 0 Å². The van der Waals surface area contributed by atoms with Gasteiger partial charge in [-0.1, -0.05) is 27.7 Å². The fourth-order valence-corrected chi connectivity index (χ4v) is 2.95. The van der Waals surface area contributed by atoms with E-state index >= 15 is 0 Å². The molecule has 1 heterocycles. The van der Waals surface area contributed by atoms with Crippen LogP contribution in [0.2, 0.25) is 0 Å². The number of ether oxygens (including phenoxy) is 1. The number of hydrogen-bond donors (Lipinski definition) is 0. The van der Waals surface area contributed by atoms with Gasteiger partial charge in [0.15, 0.2) is 5.57 Å². The van der Waals surface area contributed by atoms with E-state index < -0.39 is 5.97 Å². The number of nitrogens with zero attached hydrogens (tertiary/aromatic N) is 2. The molecule has 1 aromatic carbocycles. The summed E-state index contributed by atoms with van der Waals surface area (Å²) in [5.74, 6) is -0.733. The molecule has 1 aliphatic rings. The molecule has 1 saturated heterocycles. The Labute approximate surface area is 128 Å². The van der Waals surface area contributed by atoms with E-state index in [2.05, 4.69) is 20.7 Å². The summed E-state index contributed by atoms with van der Waals surface area (Å²) in [4.78, 5) is 25.0. The minimum absolute atomic E-state index is 0.161. The summed E-state index contributed by atoms with van der Waals surface area (Å²) in [5, 5.41) is 9.43. The number of carbonyl (C=O) groups excluding carboxylic acids is 2. The highest BCUT2D eigenvalue weighted by Gasteiger charge is 2.33. The van der Waals surface area contributed by atoms with E-state index in [1.165, 1.54) is 12.0 Å². The first-order valence-corrected chi connectivity index (χ1v) is 7.30. The van der Waals surface area contributed by atoms with Crippen LogP contribution < -0.4 is 4.90 Å². The van der Waals surface area contributed by atoms with Gasteiger partial charge in [0.2, 0.25) is 5.91 Å². The van der Waals surface area contributed by atoms with Gasteiger partial charge in [0, 0.05) is 10.2 Å². The summed E-state index contributed by atoms with van der Waals surface area (Å²) in [5.41, 5.74) is 0.445. The minimum atomic E-state index is -0.744. The van der Waals surface area contributed by atoms with Crippen LogP contribution in [0.3, 0.4) is 0 Å².